The van der Waals surface area contributed by atoms with Crippen LogP contribution in [0.4, 0.5) is 0 Å². The second-order valence-electron chi connectivity index (χ2n) is 6.59. The minimum absolute atomic E-state index is 0.125. The van der Waals surface area contributed by atoms with Gasteiger partial charge in [0.15, 0.2) is 0 Å². The van der Waals surface area contributed by atoms with Gasteiger partial charge in [-0.3, -0.25) is 9.69 Å². The first-order valence-electron chi connectivity index (χ1n) is 8.23. The van der Waals surface area contributed by atoms with E-state index in [0.29, 0.717) is 5.69 Å². The zero-order chi connectivity index (χ0) is 15.5. The number of para-hydroxylation sites is 1. The molecule has 0 spiro atoms. The van der Waals surface area contributed by atoms with Gasteiger partial charge in [0.2, 0.25) is 0 Å². The lowest BCUT2D eigenvalue weighted by atomic mass is 10.1. The van der Waals surface area contributed by atoms with Crippen LogP contribution < -0.4 is 0 Å². The van der Waals surface area contributed by atoms with Gasteiger partial charge in [-0.2, -0.15) is 0 Å². The molecule has 0 radical (unpaired) electrons. The highest BCUT2D eigenvalue weighted by molar-refractivity contribution is 5.98. The number of aromatic amines is 1. The molecule has 2 aromatic rings. The Morgan fingerprint density at radius 1 is 1.18 bits per heavy atom. The van der Waals surface area contributed by atoms with Crippen LogP contribution >= 0.6 is 0 Å². The van der Waals surface area contributed by atoms with Crippen LogP contribution in [0.2, 0.25) is 0 Å². The van der Waals surface area contributed by atoms with Crippen LogP contribution in [0.1, 0.15) is 30.8 Å². The predicted molar refractivity (Wildman–Crippen MR) is 90.1 cm³/mol. The first-order chi connectivity index (χ1) is 10.6. The van der Waals surface area contributed by atoms with E-state index < -0.39 is 0 Å². The van der Waals surface area contributed by atoms with E-state index in [4.69, 9.17) is 0 Å². The summed E-state index contributed by atoms with van der Waals surface area (Å²) in [6, 6.07) is 9.99. The number of hydrogen-bond acceptors (Lipinski definition) is 2. The molecule has 1 saturated heterocycles. The number of amides is 1. The number of carbonyl (C=O) groups is 1. The maximum absolute atomic E-state index is 12.6. The molecule has 1 aromatic heterocycles. The molecule has 1 N–H and O–H groups in total. The first kappa shape index (κ1) is 15.1. The van der Waals surface area contributed by atoms with Crippen molar-refractivity contribution in [1.82, 2.24) is 14.8 Å². The van der Waals surface area contributed by atoms with E-state index in [0.717, 1.165) is 49.5 Å². The molecule has 4 nitrogen and oxygen atoms in total. The summed E-state index contributed by atoms with van der Waals surface area (Å²) in [6.45, 7) is 9.29. The van der Waals surface area contributed by atoms with E-state index >= 15 is 0 Å². The zero-order valence-corrected chi connectivity index (χ0v) is 13.5. The number of rotatable bonds is 4. The van der Waals surface area contributed by atoms with Crippen molar-refractivity contribution in [1.29, 1.82) is 0 Å². The van der Waals surface area contributed by atoms with Gasteiger partial charge in [0.1, 0.15) is 5.69 Å². The summed E-state index contributed by atoms with van der Waals surface area (Å²) in [7, 11) is 0. The highest BCUT2D eigenvalue weighted by atomic mass is 16.2. The average molecular weight is 299 g/mol. The summed E-state index contributed by atoms with van der Waals surface area (Å²) < 4.78 is 0. The Morgan fingerprint density at radius 3 is 2.59 bits per heavy atom. The van der Waals surface area contributed by atoms with Crippen molar-refractivity contribution in [3.05, 3.63) is 36.0 Å². The number of benzene rings is 1. The normalized spacial score (nSPS) is 16.6. The predicted octanol–water partition coefficient (Wildman–Crippen LogP) is 2.97. The maximum Gasteiger partial charge on any atom is 0.270 e. The van der Waals surface area contributed by atoms with Gasteiger partial charge in [0.05, 0.1) is 0 Å². The quantitative estimate of drug-likeness (QED) is 0.942. The van der Waals surface area contributed by atoms with Gasteiger partial charge < -0.3 is 9.88 Å². The maximum atomic E-state index is 12.6. The van der Waals surface area contributed by atoms with Crippen molar-refractivity contribution in [3.8, 4) is 0 Å². The minimum Gasteiger partial charge on any atom is -0.351 e. The van der Waals surface area contributed by atoms with Gasteiger partial charge in [-0.15, -0.1) is 0 Å². The van der Waals surface area contributed by atoms with Crippen molar-refractivity contribution in [2.45, 2.75) is 20.3 Å². The minimum atomic E-state index is 0.125. The summed E-state index contributed by atoms with van der Waals surface area (Å²) in [5, 5.41) is 1.10. The first-order valence-corrected chi connectivity index (χ1v) is 8.23. The molecule has 1 aliphatic heterocycles. The molecule has 1 amide bonds. The Bertz CT molecular complexity index is 606. The molecule has 0 unspecified atom stereocenters. The summed E-state index contributed by atoms with van der Waals surface area (Å²) in [5.41, 5.74) is 1.73. The number of nitrogens with zero attached hydrogens (tertiary/aromatic N) is 2. The molecule has 0 aliphatic carbocycles. The van der Waals surface area contributed by atoms with Crippen molar-refractivity contribution in [2.24, 2.45) is 5.92 Å². The van der Waals surface area contributed by atoms with Crippen molar-refractivity contribution >= 4 is 16.8 Å². The number of aromatic nitrogens is 1. The largest absolute Gasteiger partial charge is 0.351 e. The van der Waals surface area contributed by atoms with Crippen LogP contribution in [0, 0.1) is 5.92 Å². The molecule has 2 heterocycles. The van der Waals surface area contributed by atoms with Crippen LogP contribution in [0.15, 0.2) is 30.3 Å². The standard InChI is InChI=1S/C18H25N3O/c1-14(2)7-8-20-9-11-21(12-10-20)18(22)17-13-15-5-3-4-6-16(15)19-17/h3-6,13-14,19H,7-12H2,1-2H3. The SMILES string of the molecule is CC(C)CCN1CCN(C(=O)c2cc3ccccc3[nH]2)CC1. The summed E-state index contributed by atoms with van der Waals surface area (Å²) >= 11 is 0. The molecule has 4 heteroatoms. The number of hydrogen-bond donors (Lipinski definition) is 1. The number of H-pyrrole nitrogens is 1. The molecular formula is C18H25N3O. The van der Waals surface area contributed by atoms with E-state index in [2.05, 4.69) is 23.7 Å². The second-order valence-corrected chi connectivity index (χ2v) is 6.59. The average Bonchev–Trinajstić information content (AvgIpc) is 2.96. The molecule has 3 rings (SSSR count). The molecule has 0 atom stereocenters. The Balaban J connectivity index is 1.60. The molecule has 1 aliphatic rings. The zero-order valence-electron chi connectivity index (χ0n) is 13.5. The fourth-order valence-corrected chi connectivity index (χ4v) is 2.97. The molecule has 0 bridgehead atoms. The third-order valence-corrected chi connectivity index (χ3v) is 4.44. The fraction of sp³-hybridized carbons (Fsp3) is 0.500. The molecule has 1 fully saturated rings. The van der Waals surface area contributed by atoms with Gasteiger partial charge >= 0.3 is 0 Å². The van der Waals surface area contributed by atoms with Gasteiger partial charge in [-0.1, -0.05) is 32.0 Å². The highest BCUT2D eigenvalue weighted by Gasteiger charge is 2.23. The Labute approximate surface area is 132 Å². The van der Waals surface area contributed by atoms with E-state index in [1.165, 1.54) is 6.42 Å². The van der Waals surface area contributed by atoms with Gasteiger partial charge in [0.25, 0.3) is 5.91 Å². The third-order valence-electron chi connectivity index (χ3n) is 4.44. The number of piperazine rings is 1. The van der Waals surface area contributed by atoms with Gasteiger partial charge in [0, 0.05) is 37.1 Å². The summed E-state index contributed by atoms with van der Waals surface area (Å²) in [5.74, 6) is 0.866. The Hall–Kier alpha value is -1.81. The fourth-order valence-electron chi connectivity index (χ4n) is 2.97. The topological polar surface area (TPSA) is 39.3 Å². The summed E-state index contributed by atoms with van der Waals surface area (Å²) in [4.78, 5) is 20.3. The smallest absolute Gasteiger partial charge is 0.270 e. The van der Waals surface area contributed by atoms with E-state index in [9.17, 15) is 4.79 Å². The van der Waals surface area contributed by atoms with E-state index in [1.54, 1.807) is 0 Å². The second kappa shape index (κ2) is 6.53. The summed E-state index contributed by atoms with van der Waals surface area (Å²) in [6.07, 6.45) is 1.23. The van der Waals surface area contributed by atoms with Gasteiger partial charge in [-0.05, 0) is 31.0 Å². The lowest BCUT2D eigenvalue weighted by Crippen LogP contribution is -2.49. The lowest BCUT2D eigenvalue weighted by molar-refractivity contribution is 0.0627. The van der Waals surface area contributed by atoms with Crippen molar-refractivity contribution in [3.63, 3.8) is 0 Å². The third kappa shape index (κ3) is 3.33. The number of carbonyl (C=O) groups excluding carboxylic acids is 1. The number of nitrogens with one attached hydrogen (secondary N) is 1. The molecule has 22 heavy (non-hydrogen) atoms. The number of fused-ring (bicyclic) bond motifs is 1. The van der Waals surface area contributed by atoms with Crippen molar-refractivity contribution in [2.75, 3.05) is 32.7 Å². The molecule has 118 valence electrons. The highest BCUT2D eigenvalue weighted by Crippen LogP contribution is 2.17. The van der Waals surface area contributed by atoms with Crippen molar-refractivity contribution < 1.29 is 4.79 Å². The van der Waals surface area contributed by atoms with Crippen LogP contribution in [-0.4, -0.2) is 53.4 Å². The van der Waals surface area contributed by atoms with E-state index in [1.807, 2.05) is 35.2 Å². The van der Waals surface area contributed by atoms with Crippen LogP contribution in [0.5, 0.6) is 0 Å². The van der Waals surface area contributed by atoms with Gasteiger partial charge in [-0.25, -0.2) is 0 Å². The lowest BCUT2D eigenvalue weighted by Gasteiger charge is -2.34. The Morgan fingerprint density at radius 2 is 1.91 bits per heavy atom. The molecular weight excluding hydrogens is 274 g/mol. The Kier molecular flexibility index (Phi) is 4.48. The monoisotopic (exact) mass is 299 g/mol. The van der Waals surface area contributed by atoms with E-state index in [-0.39, 0.29) is 5.91 Å². The van der Waals surface area contributed by atoms with Crippen LogP contribution in [-0.2, 0) is 0 Å². The molecule has 0 saturated carbocycles. The van der Waals surface area contributed by atoms with Crippen LogP contribution in [0.25, 0.3) is 10.9 Å². The molecule has 1 aromatic carbocycles. The van der Waals surface area contributed by atoms with Crippen LogP contribution in [0.3, 0.4) is 0 Å².